The van der Waals surface area contributed by atoms with E-state index in [4.69, 9.17) is 5.73 Å². The Hall–Kier alpha value is -1.96. The Labute approximate surface area is 100 Å². The number of benzene rings is 1. The monoisotopic (exact) mass is 257 g/mol. The molecule has 96 valence electrons. The molecule has 8 heteroatoms. The fraction of sp³-hybridized carbons (Fsp3) is 0.300. The molecule has 2 N–H and O–H groups in total. The van der Waals surface area contributed by atoms with Crippen LogP contribution in [-0.2, 0) is 12.7 Å². The van der Waals surface area contributed by atoms with Gasteiger partial charge in [-0.15, -0.1) is 10.2 Å². The van der Waals surface area contributed by atoms with Crippen LogP contribution >= 0.6 is 0 Å². The molecule has 0 aliphatic carbocycles. The maximum absolute atomic E-state index is 12.8. The van der Waals surface area contributed by atoms with Crippen LogP contribution in [0.3, 0.4) is 0 Å². The highest BCUT2D eigenvalue weighted by atomic mass is 19.4. The maximum atomic E-state index is 12.8. The normalized spacial score (nSPS) is 13.6. The molecule has 0 aliphatic heterocycles. The number of alkyl halides is 3. The van der Waals surface area contributed by atoms with Crippen LogP contribution in [0.15, 0.2) is 30.6 Å². The highest BCUT2D eigenvalue weighted by molar-refractivity contribution is 5.32. The molecule has 2 rings (SSSR count). The first-order valence-electron chi connectivity index (χ1n) is 5.11. The number of hydrogen-bond donors (Lipinski definition) is 1. The van der Waals surface area contributed by atoms with Crippen LogP contribution in [0.2, 0.25) is 0 Å². The van der Waals surface area contributed by atoms with Gasteiger partial charge >= 0.3 is 6.18 Å². The highest BCUT2D eigenvalue weighted by Gasteiger charge is 2.34. The summed E-state index contributed by atoms with van der Waals surface area (Å²) in [4.78, 5) is 1.15. The highest BCUT2D eigenvalue weighted by Crippen LogP contribution is 2.34. The van der Waals surface area contributed by atoms with Gasteiger partial charge in [0.2, 0.25) is 0 Å². The molecule has 2 aromatic rings. The van der Waals surface area contributed by atoms with Crippen molar-refractivity contribution in [2.75, 3.05) is 0 Å². The van der Waals surface area contributed by atoms with Crippen molar-refractivity contribution in [3.8, 4) is 0 Å². The van der Waals surface area contributed by atoms with Gasteiger partial charge in [0.05, 0.1) is 18.2 Å². The summed E-state index contributed by atoms with van der Waals surface area (Å²) in [6.45, 7) is 0.0348. The van der Waals surface area contributed by atoms with Crippen molar-refractivity contribution in [3.05, 3.63) is 41.7 Å². The summed E-state index contributed by atoms with van der Waals surface area (Å²) in [6.07, 6.45) is -3.23. The van der Waals surface area contributed by atoms with Crippen molar-refractivity contribution in [2.24, 2.45) is 5.73 Å². The Morgan fingerprint density at radius 3 is 2.61 bits per heavy atom. The summed E-state index contributed by atoms with van der Waals surface area (Å²) >= 11 is 0. The standard InChI is InChI=1S/C10H10F3N5/c11-10(12,13)8-4-2-1-3-7(8)9(14)5-18-16-6-15-17-18/h1-4,6,9H,5,14H2/t9-/m1/s1. The molecule has 1 aromatic carbocycles. The van der Waals surface area contributed by atoms with Crippen molar-refractivity contribution in [2.45, 2.75) is 18.8 Å². The van der Waals surface area contributed by atoms with Crippen molar-refractivity contribution in [1.29, 1.82) is 0 Å². The van der Waals surface area contributed by atoms with E-state index in [1.54, 1.807) is 0 Å². The number of hydrogen-bond acceptors (Lipinski definition) is 4. The van der Waals surface area contributed by atoms with Crippen LogP contribution < -0.4 is 5.73 Å². The Morgan fingerprint density at radius 1 is 1.28 bits per heavy atom. The second kappa shape index (κ2) is 4.73. The fourth-order valence-corrected chi connectivity index (χ4v) is 1.62. The van der Waals surface area contributed by atoms with E-state index in [-0.39, 0.29) is 12.1 Å². The maximum Gasteiger partial charge on any atom is 0.416 e. The number of nitrogens with two attached hydrogens (primary N) is 1. The van der Waals surface area contributed by atoms with Gasteiger partial charge in [0.25, 0.3) is 0 Å². The third kappa shape index (κ3) is 2.65. The summed E-state index contributed by atoms with van der Waals surface area (Å²) < 4.78 is 38.3. The second-order valence-electron chi connectivity index (χ2n) is 3.68. The van der Waals surface area contributed by atoms with E-state index in [0.29, 0.717) is 0 Å². The molecule has 0 saturated carbocycles. The minimum absolute atomic E-state index is 0.0160. The first kappa shape index (κ1) is 12.5. The summed E-state index contributed by atoms with van der Waals surface area (Å²) in [6, 6.07) is 4.34. The van der Waals surface area contributed by atoms with Crippen molar-refractivity contribution in [3.63, 3.8) is 0 Å². The molecule has 1 atom stereocenters. The zero-order valence-corrected chi connectivity index (χ0v) is 9.17. The lowest BCUT2D eigenvalue weighted by Crippen LogP contribution is -2.23. The summed E-state index contributed by atoms with van der Waals surface area (Å²) in [5.41, 5.74) is 5.03. The Morgan fingerprint density at radius 2 is 2.00 bits per heavy atom. The van der Waals surface area contributed by atoms with Crippen LogP contribution in [-0.4, -0.2) is 20.2 Å². The summed E-state index contributed by atoms with van der Waals surface area (Å²) in [5.74, 6) is 0. The smallest absolute Gasteiger partial charge is 0.322 e. The molecule has 1 heterocycles. The van der Waals surface area contributed by atoms with E-state index < -0.39 is 17.8 Å². The molecule has 0 bridgehead atoms. The molecule has 0 unspecified atom stereocenters. The number of tetrazole rings is 1. The molecular weight excluding hydrogens is 247 g/mol. The average molecular weight is 257 g/mol. The quantitative estimate of drug-likeness (QED) is 0.902. The van der Waals surface area contributed by atoms with Crippen LogP contribution in [0.5, 0.6) is 0 Å². The van der Waals surface area contributed by atoms with Gasteiger partial charge in [-0.2, -0.15) is 18.0 Å². The first-order valence-corrected chi connectivity index (χ1v) is 5.11. The van der Waals surface area contributed by atoms with Crippen LogP contribution in [0.4, 0.5) is 13.2 Å². The van der Waals surface area contributed by atoms with Gasteiger partial charge in [0.15, 0.2) is 6.33 Å². The molecule has 5 nitrogen and oxygen atoms in total. The molecule has 0 aliphatic rings. The first-order chi connectivity index (χ1) is 8.48. The largest absolute Gasteiger partial charge is 0.416 e. The Balaban J connectivity index is 2.27. The molecule has 1 aromatic heterocycles. The van der Waals surface area contributed by atoms with Crippen molar-refractivity contribution >= 4 is 0 Å². The fourth-order valence-electron chi connectivity index (χ4n) is 1.62. The van der Waals surface area contributed by atoms with E-state index in [1.807, 2.05) is 0 Å². The molecule has 0 spiro atoms. The van der Waals surface area contributed by atoms with E-state index in [9.17, 15) is 13.2 Å². The third-order valence-electron chi connectivity index (χ3n) is 2.42. The number of halogens is 3. The van der Waals surface area contributed by atoms with E-state index in [1.165, 1.54) is 24.5 Å². The second-order valence-corrected chi connectivity index (χ2v) is 3.68. The molecular formula is C10H10F3N5. The Bertz CT molecular complexity index is 508. The van der Waals surface area contributed by atoms with Gasteiger partial charge in [0.1, 0.15) is 0 Å². The Kier molecular flexibility index (Phi) is 3.28. The zero-order valence-electron chi connectivity index (χ0n) is 9.17. The zero-order chi connectivity index (χ0) is 13.2. The predicted molar refractivity (Wildman–Crippen MR) is 56.2 cm³/mol. The van der Waals surface area contributed by atoms with Crippen molar-refractivity contribution < 1.29 is 13.2 Å². The lowest BCUT2D eigenvalue weighted by molar-refractivity contribution is -0.138. The van der Waals surface area contributed by atoms with Gasteiger partial charge < -0.3 is 5.73 Å². The number of rotatable bonds is 3. The summed E-state index contributed by atoms with van der Waals surface area (Å²) in [7, 11) is 0. The molecule has 0 amide bonds. The van der Waals surface area contributed by atoms with Crippen LogP contribution in [0.1, 0.15) is 17.2 Å². The van der Waals surface area contributed by atoms with E-state index >= 15 is 0 Å². The lowest BCUT2D eigenvalue weighted by Gasteiger charge is -2.17. The molecule has 0 radical (unpaired) electrons. The summed E-state index contributed by atoms with van der Waals surface area (Å²) in [5, 5.41) is 10.7. The van der Waals surface area contributed by atoms with Crippen molar-refractivity contribution in [1.82, 2.24) is 20.2 Å². The third-order valence-corrected chi connectivity index (χ3v) is 2.42. The van der Waals surface area contributed by atoms with Gasteiger partial charge in [-0.05, 0) is 16.8 Å². The number of nitrogens with zero attached hydrogens (tertiary/aromatic N) is 4. The van der Waals surface area contributed by atoms with Gasteiger partial charge in [-0.1, -0.05) is 18.2 Å². The van der Waals surface area contributed by atoms with Gasteiger partial charge in [0, 0.05) is 0 Å². The number of aromatic nitrogens is 4. The van der Waals surface area contributed by atoms with Gasteiger partial charge in [-0.3, -0.25) is 0 Å². The molecule has 0 saturated heterocycles. The predicted octanol–water partition coefficient (Wildman–Crippen LogP) is 1.39. The van der Waals surface area contributed by atoms with E-state index in [0.717, 1.165) is 10.9 Å². The van der Waals surface area contributed by atoms with Crippen LogP contribution in [0, 0.1) is 0 Å². The topological polar surface area (TPSA) is 69.6 Å². The average Bonchev–Trinajstić information content (AvgIpc) is 2.80. The van der Waals surface area contributed by atoms with Gasteiger partial charge in [-0.25, -0.2) is 0 Å². The molecule has 18 heavy (non-hydrogen) atoms. The SMILES string of the molecule is N[C@H](Cn1ncnn1)c1ccccc1C(F)(F)F. The minimum atomic E-state index is -4.43. The lowest BCUT2D eigenvalue weighted by atomic mass is 10.0. The molecule has 0 fully saturated rings. The van der Waals surface area contributed by atoms with Crippen LogP contribution in [0.25, 0.3) is 0 Å². The minimum Gasteiger partial charge on any atom is -0.322 e. The van der Waals surface area contributed by atoms with E-state index in [2.05, 4.69) is 15.4 Å².